The Morgan fingerprint density at radius 2 is 1.69 bits per heavy atom. The Hall–Kier alpha value is -2.99. The van der Waals surface area contributed by atoms with E-state index in [1.165, 1.54) is 4.90 Å². The number of hydrogen-bond acceptors (Lipinski definition) is 4. The molecule has 2 aromatic carbocycles. The first-order chi connectivity index (χ1) is 15.2. The van der Waals surface area contributed by atoms with Gasteiger partial charge < -0.3 is 5.32 Å². The quantitative estimate of drug-likeness (QED) is 0.733. The van der Waals surface area contributed by atoms with E-state index in [0.29, 0.717) is 12.1 Å². The zero-order valence-electron chi connectivity index (χ0n) is 18.9. The Bertz CT molecular complexity index is 1120. The third-order valence-corrected chi connectivity index (χ3v) is 7.16. The highest BCUT2D eigenvalue weighted by atomic mass is 16.2. The highest BCUT2D eigenvalue weighted by Gasteiger charge is 2.71. The number of aryl methyl sites for hydroxylation is 1. The van der Waals surface area contributed by atoms with Crippen molar-refractivity contribution in [1.29, 1.82) is 0 Å². The molecule has 0 bridgehead atoms. The summed E-state index contributed by atoms with van der Waals surface area (Å²) in [4.78, 5) is 42.4. The van der Waals surface area contributed by atoms with Crippen LogP contribution < -0.4 is 10.6 Å². The molecule has 2 fully saturated rings. The van der Waals surface area contributed by atoms with Gasteiger partial charge in [-0.25, -0.2) is 0 Å². The summed E-state index contributed by atoms with van der Waals surface area (Å²) in [5.41, 5.74) is 1.76. The number of fused-ring (bicyclic) bond motifs is 4. The molecule has 0 radical (unpaired) electrons. The number of nitrogens with one attached hydrogen (secondary N) is 2. The van der Waals surface area contributed by atoms with E-state index in [4.69, 9.17) is 0 Å². The first kappa shape index (κ1) is 20.9. The number of anilines is 1. The topological polar surface area (TPSA) is 78.5 Å². The lowest BCUT2D eigenvalue weighted by atomic mass is 9.76. The lowest BCUT2D eigenvalue weighted by molar-refractivity contribution is -0.147. The second-order valence-electron chi connectivity index (χ2n) is 10.1. The van der Waals surface area contributed by atoms with Crippen LogP contribution in [0, 0.1) is 11.8 Å². The number of amides is 3. The molecule has 1 spiro atoms. The highest BCUT2D eigenvalue weighted by Crippen LogP contribution is 2.54. The fraction of sp³-hybridized carbons (Fsp3) is 0.423. The van der Waals surface area contributed by atoms with Crippen molar-refractivity contribution in [2.45, 2.75) is 57.7 Å². The lowest BCUT2D eigenvalue weighted by Crippen LogP contribution is -2.56. The molecule has 32 heavy (non-hydrogen) atoms. The van der Waals surface area contributed by atoms with Crippen LogP contribution in [0.4, 0.5) is 5.69 Å². The van der Waals surface area contributed by atoms with Gasteiger partial charge in [-0.15, -0.1) is 0 Å². The van der Waals surface area contributed by atoms with Crippen molar-refractivity contribution in [2.24, 2.45) is 11.8 Å². The summed E-state index contributed by atoms with van der Waals surface area (Å²) in [7, 11) is 0. The van der Waals surface area contributed by atoms with Crippen molar-refractivity contribution in [3.8, 4) is 0 Å². The van der Waals surface area contributed by atoms with Crippen molar-refractivity contribution >= 4 is 23.4 Å². The third kappa shape index (κ3) is 2.78. The van der Waals surface area contributed by atoms with E-state index >= 15 is 0 Å². The number of carbonyl (C=O) groups excluding carboxylic acids is 3. The predicted octanol–water partition coefficient (Wildman–Crippen LogP) is 3.01. The van der Waals surface area contributed by atoms with Crippen LogP contribution in [-0.4, -0.2) is 34.2 Å². The van der Waals surface area contributed by atoms with Gasteiger partial charge in [0.1, 0.15) is 5.54 Å². The van der Waals surface area contributed by atoms with Gasteiger partial charge in [0.15, 0.2) is 0 Å². The molecule has 166 valence electrons. The number of carbonyl (C=O) groups is 3. The number of nitrogens with zero attached hydrogens (tertiary/aromatic N) is 1. The maximum absolute atomic E-state index is 13.8. The van der Waals surface area contributed by atoms with E-state index in [9.17, 15) is 14.4 Å². The molecule has 5 rings (SSSR count). The minimum atomic E-state index is -1.24. The van der Waals surface area contributed by atoms with Gasteiger partial charge in [0.05, 0.1) is 11.8 Å². The number of benzene rings is 2. The number of hydrogen-bond donors (Lipinski definition) is 2. The van der Waals surface area contributed by atoms with Crippen LogP contribution >= 0.6 is 0 Å². The summed E-state index contributed by atoms with van der Waals surface area (Å²) in [6.45, 7) is 7.67. The fourth-order valence-corrected chi connectivity index (χ4v) is 5.77. The Balaban J connectivity index is 1.67. The van der Waals surface area contributed by atoms with Gasteiger partial charge in [-0.2, -0.15) is 0 Å². The minimum absolute atomic E-state index is 0.189. The summed E-state index contributed by atoms with van der Waals surface area (Å²) in [6, 6.07) is 15.5. The molecule has 0 saturated carbocycles. The van der Waals surface area contributed by atoms with Crippen molar-refractivity contribution < 1.29 is 14.4 Å². The standard InChI is InChI=1S/C26H29N3O3/c1-5-15-11-12-18-17(13-15)26(24(32)27-18)21-20(22(30)29(23(21)31)25(2,3)4)19(28-26)14-16-9-7-6-8-10-16/h6-13,19-21,28H,5,14H2,1-4H3,(H,27,32). The van der Waals surface area contributed by atoms with Gasteiger partial charge in [0.2, 0.25) is 17.7 Å². The fourth-order valence-electron chi connectivity index (χ4n) is 5.77. The molecular formula is C26H29N3O3. The average molecular weight is 432 g/mol. The molecular weight excluding hydrogens is 402 g/mol. The Kier molecular flexibility index (Phi) is 4.57. The van der Waals surface area contributed by atoms with E-state index in [1.54, 1.807) is 0 Å². The number of likely N-dealkylation sites (tertiary alicyclic amines) is 1. The minimum Gasteiger partial charge on any atom is -0.324 e. The van der Waals surface area contributed by atoms with Crippen LogP contribution in [0.25, 0.3) is 0 Å². The maximum atomic E-state index is 13.8. The zero-order chi connectivity index (χ0) is 22.8. The second-order valence-corrected chi connectivity index (χ2v) is 10.1. The summed E-state index contributed by atoms with van der Waals surface area (Å²) >= 11 is 0. The molecule has 2 N–H and O–H groups in total. The third-order valence-electron chi connectivity index (χ3n) is 7.16. The summed E-state index contributed by atoms with van der Waals surface area (Å²) < 4.78 is 0. The molecule has 0 aliphatic carbocycles. The molecule has 2 aromatic rings. The van der Waals surface area contributed by atoms with E-state index < -0.39 is 22.9 Å². The maximum Gasteiger partial charge on any atom is 0.250 e. The second kappa shape index (κ2) is 7.01. The SMILES string of the molecule is CCc1ccc2c(c1)C1(NC(Cc3ccccc3)C3C(=O)N(C(C)(C)C)C(=O)C31)C(=O)N2. The molecule has 3 amide bonds. The van der Waals surface area contributed by atoms with Crippen LogP contribution in [0.15, 0.2) is 48.5 Å². The molecule has 3 aliphatic rings. The molecule has 3 aliphatic heterocycles. The summed E-state index contributed by atoms with van der Waals surface area (Å²) in [5.74, 6) is -2.06. The molecule has 4 unspecified atom stereocenters. The van der Waals surface area contributed by atoms with Crippen LogP contribution in [0.1, 0.15) is 44.4 Å². The van der Waals surface area contributed by atoms with Gasteiger partial charge in [0, 0.05) is 22.8 Å². The average Bonchev–Trinajstić information content (AvgIpc) is 3.32. The highest BCUT2D eigenvalue weighted by molar-refractivity contribution is 6.15. The Morgan fingerprint density at radius 3 is 2.34 bits per heavy atom. The zero-order valence-corrected chi connectivity index (χ0v) is 18.9. The van der Waals surface area contributed by atoms with Gasteiger partial charge in [-0.3, -0.25) is 24.6 Å². The van der Waals surface area contributed by atoms with Gasteiger partial charge >= 0.3 is 0 Å². The van der Waals surface area contributed by atoms with Crippen molar-refractivity contribution in [1.82, 2.24) is 10.2 Å². The van der Waals surface area contributed by atoms with Crippen molar-refractivity contribution in [2.75, 3.05) is 5.32 Å². The predicted molar refractivity (Wildman–Crippen MR) is 122 cm³/mol. The first-order valence-electron chi connectivity index (χ1n) is 11.3. The van der Waals surface area contributed by atoms with Crippen LogP contribution in [0.2, 0.25) is 0 Å². The van der Waals surface area contributed by atoms with E-state index in [1.807, 2.05) is 69.3 Å². The van der Waals surface area contributed by atoms with Crippen LogP contribution in [-0.2, 0) is 32.8 Å². The van der Waals surface area contributed by atoms with Crippen molar-refractivity contribution in [3.05, 3.63) is 65.2 Å². The first-order valence-corrected chi connectivity index (χ1v) is 11.3. The molecule has 4 atom stereocenters. The van der Waals surface area contributed by atoms with Crippen molar-refractivity contribution in [3.63, 3.8) is 0 Å². The molecule has 6 nitrogen and oxygen atoms in total. The summed E-state index contributed by atoms with van der Waals surface area (Å²) in [5, 5.41) is 6.51. The Morgan fingerprint density at radius 1 is 0.969 bits per heavy atom. The van der Waals surface area contributed by atoms with E-state index in [0.717, 1.165) is 23.1 Å². The Labute approximate surface area is 188 Å². The van der Waals surface area contributed by atoms with E-state index in [-0.39, 0.29) is 23.8 Å². The van der Waals surface area contributed by atoms with Crippen LogP contribution in [0.3, 0.4) is 0 Å². The summed E-state index contributed by atoms with van der Waals surface area (Å²) in [6.07, 6.45) is 1.39. The molecule has 6 heteroatoms. The monoisotopic (exact) mass is 431 g/mol. The number of imide groups is 1. The van der Waals surface area contributed by atoms with Gasteiger partial charge in [-0.05, 0) is 50.8 Å². The normalized spacial score (nSPS) is 28.9. The lowest BCUT2D eigenvalue weighted by Gasteiger charge is -2.34. The van der Waals surface area contributed by atoms with Gasteiger partial charge in [-0.1, -0.05) is 49.4 Å². The van der Waals surface area contributed by atoms with Crippen LogP contribution in [0.5, 0.6) is 0 Å². The van der Waals surface area contributed by atoms with E-state index in [2.05, 4.69) is 17.6 Å². The van der Waals surface area contributed by atoms with Gasteiger partial charge in [0.25, 0.3) is 0 Å². The molecule has 2 saturated heterocycles. The molecule has 0 aromatic heterocycles. The number of rotatable bonds is 3. The largest absolute Gasteiger partial charge is 0.324 e. The smallest absolute Gasteiger partial charge is 0.250 e. The molecule has 3 heterocycles.